The summed E-state index contributed by atoms with van der Waals surface area (Å²) < 4.78 is 39.3. The number of methoxy groups -OCH3 is 1. The van der Waals surface area contributed by atoms with Gasteiger partial charge >= 0.3 is 0 Å². The molecule has 1 N–H and O–H groups in total. The van der Waals surface area contributed by atoms with E-state index in [1.165, 1.54) is 7.11 Å². The summed E-state index contributed by atoms with van der Waals surface area (Å²) in [7, 11) is -2.31. The molecule has 0 aliphatic rings. The van der Waals surface area contributed by atoms with Crippen molar-refractivity contribution in [3.63, 3.8) is 0 Å². The molecular formula is C19H20N2O4S. The van der Waals surface area contributed by atoms with Gasteiger partial charge in [-0.15, -0.1) is 0 Å². The van der Waals surface area contributed by atoms with E-state index in [0.29, 0.717) is 34.2 Å². The number of nitrogens with zero attached hydrogens (tertiary/aromatic N) is 1. The van der Waals surface area contributed by atoms with Crippen LogP contribution in [0, 0.1) is 20.8 Å². The lowest BCUT2D eigenvalue weighted by Gasteiger charge is -2.14. The fourth-order valence-electron chi connectivity index (χ4n) is 2.64. The van der Waals surface area contributed by atoms with Gasteiger partial charge in [-0.1, -0.05) is 18.2 Å². The molecule has 26 heavy (non-hydrogen) atoms. The van der Waals surface area contributed by atoms with Gasteiger partial charge in [-0.25, -0.2) is 13.4 Å². The Bertz CT molecular complexity index is 1060. The number of aromatic nitrogens is 1. The second-order valence-corrected chi connectivity index (χ2v) is 7.68. The highest BCUT2D eigenvalue weighted by Crippen LogP contribution is 2.30. The van der Waals surface area contributed by atoms with Crippen LogP contribution < -0.4 is 9.46 Å². The normalized spacial score (nSPS) is 11.4. The lowest BCUT2D eigenvalue weighted by Crippen LogP contribution is -2.15. The third-order valence-corrected chi connectivity index (χ3v) is 5.49. The van der Waals surface area contributed by atoms with Crippen LogP contribution in [0.2, 0.25) is 0 Å². The molecule has 3 aromatic rings. The van der Waals surface area contributed by atoms with Gasteiger partial charge in [-0.05, 0) is 43.2 Å². The van der Waals surface area contributed by atoms with E-state index in [-0.39, 0.29) is 4.90 Å². The summed E-state index contributed by atoms with van der Waals surface area (Å²) in [6.45, 7) is 5.37. The molecule has 0 amide bonds. The standard InChI is InChI=1S/C19H20N2O4S/c1-12-5-8-17(24-4)16(9-12)21-26(22,23)19-10-15(7-6-13(19)2)18-11-20-14(3)25-18/h5-11,21H,1-4H3. The molecule has 0 fully saturated rings. The van der Waals surface area contributed by atoms with Gasteiger partial charge in [0.05, 0.1) is 23.9 Å². The second-order valence-electron chi connectivity index (χ2n) is 6.03. The van der Waals surface area contributed by atoms with Gasteiger partial charge in [0.15, 0.2) is 11.7 Å². The first-order chi connectivity index (χ1) is 12.3. The fourth-order valence-corrected chi connectivity index (χ4v) is 3.97. The predicted molar refractivity (Wildman–Crippen MR) is 100.0 cm³/mol. The van der Waals surface area contributed by atoms with Gasteiger partial charge in [0, 0.05) is 12.5 Å². The van der Waals surface area contributed by atoms with Crippen molar-refractivity contribution in [1.82, 2.24) is 4.98 Å². The van der Waals surface area contributed by atoms with Gasteiger partial charge < -0.3 is 9.15 Å². The Morgan fingerprint density at radius 3 is 2.50 bits per heavy atom. The van der Waals surface area contributed by atoms with Crippen molar-refractivity contribution in [2.75, 3.05) is 11.8 Å². The average Bonchev–Trinajstić information content (AvgIpc) is 3.01. The van der Waals surface area contributed by atoms with Crippen LogP contribution >= 0.6 is 0 Å². The number of nitrogens with one attached hydrogen (secondary N) is 1. The van der Waals surface area contributed by atoms with Gasteiger partial charge in [-0.3, -0.25) is 4.72 Å². The highest BCUT2D eigenvalue weighted by Gasteiger charge is 2.20. The molecule has 1 aromatic heterocycles. The van der Waals surface area contributed by atoms with E-state index in [4.69, 9.17) is 9.15 Å². The number of anilines is 1. The highest BCUT2D eigenvalue weighted by molar-refractivity contribution is 7.92. The molecule has 0 aliphatic carbocycles. The molecule has 0 saturated carbocycles. The van der Waals surface area contributed by atoms with Crippen molar-refractivity contribution in [2.45, 2.75) is 25.7 Å². The maximum absolute atomic E-state index is 13.0. The first-order valence-corrected chi connectivity index (χ1v) is 9.49. The van der Waals surface area contributed by atoms with E-state index >= 15 is 0 Å². The fraction of sp³-hybridized carbons (Fsp3) is 0.211. The van der Waals surface area contributed by atoms with Gasteiger partial charge in [0.25, 0.3) is 10.0 Å². The number of aryl methyl sites for hydroxylation is 3. The summed E-state index contributed by atoms with van der Waals surface area (Å²) in [4.78, 5) is 4.23. The Balaban J connectivity index is 2.03. The summed E-state index contributed by atoms with van der Waals surface area (Å²) in [5.74, 6) is 1.50. The molecule has 0 aliphatic heterocycles. The van der Waals surface area contributed by atoms with Crippen LogP contribution in [-0.4, -0.2) is 20.5 Å². The average molecular weight is 372 g/mol. The van der Waals surface area contributed by atoms with Crippen LogP contribution in [0.25, 0.3) is 11.3 Å². The van der Waals surface area contributed by atoms with Crippen LogP contribution in [0.1, 0.15) is 17.0 Å². The molecule has 136 valence electrons. The Hall–Kier alpha value is -2.80. The molecule has 3 rings (SSSR count). The summed E-state index contributed by atoms with van der Waals surface area (Å²) in [5.41, 5.74) is 2.59. The van der Waals surface area contributed by atoms with Gasteiger partial charge in [0.1, 0.15) is 5.75 Å². The Labute approximate surface area is 152 Å². The molecule has 6 nitrogen and oxygen atoms in total. The largest absolute Gasteiger partial charge is 0.495 e. The monoisotopic (exact) mass is 372 g/mol. The molecule has 1 heterocycles. The first-order valence-electron chi connectivity index (χ1n) is 8.01. The molecule has 0 spiro atoms. The first kappa shape index (κ1) is 18.0. The summed E-state index contributed by atoms with van der Waals surface area (Å²) >= 11 is 0. The maximum atomic E-state index is 13.0. The molecule has 0 atom stereocenters. The van der Waals surface area contributed by atoms with E-state index in [9.17, 15) is 8.42 Å². The molecule has 0 bridgehead atoms. The zero-order chi connectivity index (χ0) is 18.9. The number of ether oxygens (including phenoxy) is 1. The zero-order valence-corrected chi connectivity index (χ0v) is 15.8. The Kier molecular flexibility index (Phi) is 4.73. The van der Waals surface area contributed by atoms with Crippen molar-refractivity contribution in [1.29, 1.82) is 0 Å². The number of rotatable bonds is 5. The van der Waals surface area contributed by atoms with Crippen molar-refractivity contribution in [2.24, 2.45) is 0 Å². The SMILES string of the molecule is COc1ccc(C)cc1NS(=O)(=O)c1cc(-c2cnc(C)o2)ccc1C. The Morgan fingerprint density at radius 1 is 1.08 bits per heavy atom. The van der Waals surface area contributed by atoms with Crippen LogP contribution in [0.4, 0.5) is 5.69 Å². The van der Waals surface area contributed by atoms with Crippen molar-refractivity contribution >= 4 is 15.7 Å². The van der Waals surface area contributed by atoms with E-state index in [0.717, 1.165) is 5.56 Å². The molecule has 0 unspecified atom stereocenters. The van der Waals surface area contributed by atoms with Crippen molar-refractivity contribution in [3.8, 4) is 17.1 Å². The third-order valence-electron chi connectivity index (χ3n) is 3.98. The van der Waals surface area contributed by atoms with E-state index in [1.54, 1.807) is 44.3 Å². The number of sulfonamides is 1. The van der Waals surface area contributed by atoms with Crippen LogP contribution in [0.15, 0.2) is 51.9 Å². The summed E-state index contributed by atoms with van der Waals surface area (Å²) in [6.07, 6.45) is 1.58. The number of hydrogen-bond donors (Lipinski definition) is 1. The molecule has 2 aromatic carbocycles. The lowest BCUT2D eigenvalue weighted by molar-refractivity contribution is 0.417. The van der Waals surface area contributed by atoms with Crippen molar-refractivity contribution in [3.05, 3.63) is 59.6 Å². The minimum Gasteiger partial charge on any atom is -0.495 e. The minimum atomic E-state index is -3.81. The summed E-state index contributed by atoms with van der Waals surface area (Å²) in [5, 5.41) is 0. The van der Waals surface area contributed by atoms with E-state index in [1.807, 2.05) is 19.1 Å². The van der Waals surface area contributed by atoms with Gasteiger partial charge in [-0.2, -0.15) is 0 Å². The highest BCUT2D eigenvalue weighted by atomic mass is 32.2. The van der Waals surface area contributed by atoms with E-state index in [2.05, 4.69) is 9.71 Å². The Morgan fingerprint density at radius 2 is 1.85 bits per heavy atom. The molecule has 0 radical (unpaired) electrons. The minimum absolute atomic E-state index is 0.174. The van der Waals surface area contributed by atoms with Crippen LogP contribution in [0.5, 0.6) is 5.75 Å². The van der Waals surface area contributed by atoms with Crippen molar-refractivity contribution < 1.29 is 17.6 Å². The maximum Gasteiger partial charge on any atom is 0.262 e. The quantitative estimate of drug-likeness (QED) is 0.730. The molecule has 0 saturated heterocycles. The number of benzene rings is 2. The second kappa shape index (κ2) is 6.84. The van der Waals surface area contributed by atoms with Crippen LogP contribution in [-0.2, 0) is 10.0 Å². The lowest BCUT2D eigenvalue weighted by atomic mass is 10.1. The van der Waals surface area contributed by atoms with Crippen LogP contribution in [0.3, 0.4) is 0 Å². The third kappa shape index (κ3) is 3.57. The zero-order valence-electron chi connectivity index (χ0n) is 15.0. The smallest absolute Gasteiger partial charge is 0.262 e. The molecular weight excluding hydrogens is 352 g/mol. The molecule has 7 heteroatoms. The number of oxazole rings is 1. The van der Waals surface area contributed by atoms with E-state index < -0.39 is 10.0 Å². The predicted octanol–water partition coefficient (Wildman–Crippen LogP) is 4.08. The number of hydrogen-bond acceptors (Lipinski definition) is 5. The topological polar surface area (TPSA) is 81.4 Å². The summed E-state index contributed by atoms with van der Waals surface area (Å²) in [6, 6.07) is 10.5. The van der Waals surface area contributed by atoms with Gasteiger partial charge in [0.2, 0.25) is 0 Å².